The van der Waals surface area contributed by atoms with Crippen LogP contribution in [0.3, 0.4) is 0 Å². The lowest BCUT2D eigenvalue weighted by molar-refractivity contribution is -0.139. The van der Waals surface area contributed by atoms with Crippen LogP contribution in [0.2, 0.25) is 0 Å². The van der Waals surface area contributed by atoms with Crippen molar-refractivity contribution in [2.24, 2.45) is 5.92 Å². The molecular formula is C17H25N5O7S. The van der Waals surface area contributed by atoms with Gasteiger partial charge in [-0.3, -0.25) is 14.2 Å². The largest absolute Gasteiger partial charge is 0.418 e. The SMILES string of the molecule is O=C(NOC[C@@H]1C[C@@H](Cn2cccc2)CN1)C1CCC2CN1C(=O)N2OS(=O)(=O)O. The molecule has 0 aliphatic carbocycles. The molecule has 0 aromatic carbocycles. The van der Waals surface area contributed by atoms with E-state index in [-0.39, 0.29) is 12.6 Å². The molecule has 30 heavy (non-hydrogen) atoms. The fourth-order valence-electron chi connectivity index (χ4n) is 4.34. The predicted octanol–water partition coefficient (Wildman–Crippen LogP) is -0.483. The fourth-order valence-corrected chi connectivity index (χ4v) is 4.73. The molecular weight excluding hydrogens is 418 g/mol. The molecule has 3 saturated heterocycles. The maximum absolute atomic E-state index is 12.5. The number of urea groups is 1. The zero-order valence-corrected chi connectivity index (χ0v) is 17.0. The van der Waals surface area contributed by atoms with Crippen LogP contribution in [0.5, 0.6) is 0 Å². The number of nitrogens with one attached hydrogen (secondary N) is 2. The van der Waals surface area contributed by atoms with Crippen molar-refractivity contribution in [1.82, 2.24) is 25.3 Å². The number of nitrogens with zero attached hydrogens (tertiary/aromatic N) is 3. The van der Waals surface area contributed by atoms with Gasteiger partial charge in [-0.2, -0.15) is 13.5 Å². The minimum atomic E-state index is -4.82. The van der Waals surface area contributed by atoms with Gasteiger partial charge in [0.15, 0.2) is 0 Å². The molecule has 3 aliphatic rings. The minimum Gasteiger partial charge on any atom is -0.354 e. The summed E-state index contributed by atoms with van der Waals surface area (Å²) in [5, 5.41) is 3.98. The third-order valence-corrected chi connectivity index (χ3v) is 6.05. The van der Waals surface area contributed by atoms with Crippen molar-refractivity contribution in [3.63, 3.8) is 0 Å². The number of hydrogen-bond donors (Lipinski definition) is 3. The summed E-state index contributed by atoms with van der Waals surface area (Å²) >= 11 is 0. The first kappa shape index (κ1) is 21.1. The van der Waals surface area contributed by atoms with E-state index in [1.54, 1.807) is 0 Å². The highest BCUT2D eigenvalue weighted by molar-refractivity contribution is 7.80. The van der Waals surface area contributed by atoms with Gasteiger partial charge < -0.3 is 14.8 Å². The summed E-state index contributed by atoms with van der Waals surface area (Å²) in [5.41, 5.74) is 2.40. The molecule has 2 unspecified atom stereocenters. The predicted molar refractivity (Wildman–Crippen MR) is 102 cm³/mol. The number of carbonyl (C=O) groups excluding carboxylic acids is 2. The Morgan fingerprint density at radius 2 is 2.07 bits per heavy atom. The molecule has 3 aliphatic heterocycles. The van der Waals surface area contributed by atoms with E-state index in [0.717, 1.165) is 19.5 Å². The van der Waals surface area contributed by atoms with Gasteiger partial charge in [-0.15, -0.1) is 4.28 Å². The number of fused-ring (bicyclic) bond motifs is 2. The van der Waals surface area contributed by atoms with E-state index >= 15 is 0 Å². The Morgan fingerprint density at radius 3 is 2.80 bits per heavy atom. The summed E-state index contributed by atoms with van der Waals surface area (Å²) in [6.07, 6.45) is 5.67. The summed E-state index contributed by atoms with van der Waals surface area (Å²) < 4.78 is 37.2. The molecule has 0 saturated carbocycles. The molecule has 13 heteroatoms. The molecule has 0 radical (unpaired) electrons. The second kappa shape index (κ2) is 8.51. The van der Waals surface area contributed by atoms with Crippen LogP contribution in [-0.2, 0) is 30.9 Å². The van der Waals surface area contributed by atoms with Crippen LogP contribution in [0.1, 0.15) is 19.3 Å². The average Bonchev–Trinajstić information content (AvgIpc) is 3.40. The Morgan fingerprint density at radius 1 is 1.30 bits per heavy atom. The third kappa shape index (κ3) is 4.75. The molecule has 3 N–H and O–H groups in total. The number of rotatable bonds is 8. The number of hydroxylamine groups is 3. The van der Waals surface area contributed by atoms with Crippen LogP contribution in [0, 0.1) is 5.92 Å². The van der Waals surface area contributed by atoms with E-state index in [2.05, 4.69) is 19.6 Å². The lowest BCUT2D eigenvalue weighted by Crippen LogP contribution is -2.50. The normalized spacial score (nSPS) is 28.9. The van der Waals surface area contributed by atoms with E-state index in [4.69, 9.17) is 9.39 Å². The van der Waals surface area contributed by atoms with Crippen LogP contribution in [-0.4, -0.2) is 77.3 Å². The van der Waals surface area contributed by atoms with Gasteiger partial charge in [0, 0.05) is 38.1 Å². The first-order chi connectivity index (χ1) is 14.3. The van der Waals surface area contributed by atoms with Gasteiger partial charge in [0.1, 0.15) is 6.04 Å². The van der Waals surface area contributed by atoms with Gasteiger partial charge in [0.25, 0.3) is 5.91 Å². The second-order valence-electron chi connectivity index (χ2n) is 7.87. The van der Waals surface area contributed by atoms with Gasteiger partial charge in [-0.05, 0) is 37.3 Å². The highest BCUT2D eigenvalue weighted by Crippen LogP contribution is 2.30. The highest BCUT2D eigenvalue weighted by atomic mass is 32.3. The molecule has 4 heterocycles. The molecule has 12 nitrogen and oxygen atoms in total. The van der Waals surface area contributed by atoms with Crippen LogP contribution < -0.4 is 10.8 Å². The lowest BCUT2D eigenvalue weighted by Gasteiger charge is -2.29. The van der Waals surface area contributed by atoms with Crippen LogP contribution in [0.15, 0.2) is 24.5 Å². The van der Waals surface area contributed by atoms with Crippen molar-refractivity contribution < 1.29 is 31.7 Å². The van der Waals surface area contributed by atoms with Gasteiger partial charge in [-0.1, -0.05) is 0 Å². The van der Waals surface area contributed by atoms with E-state index in [1.807, 2.05) is 24.5 Å². The summed E-state index contributed by atoms with van der Waals surface area (Å²) in [6, 6.07) is 2.00. The maximum atomic E-state index is 12.5. The first-order valence-corrected chi connectivity index (χ1v) is 11.2. The Bertz CT molecular complexity index is 877. The van der Waals surface area contributed by atoms with E-state index in [1.165, 1.54) is 4.90 Å². The van der Waals surface area contributed by atoms with Crippen LogP contribution in [0.4, 0.5) is 4.79 Å². The molecule has 166 valence electrons. The molecule has 2 bridgehead atoms. The van der Waals surface area contributed by atoms with E-state index < -0.39 is 34.4 Å². The Hall–Kier alpha value is -2.19. The van der Waals surface area contributed by atoms with Gasteiger partial charge in [0.2, 0.25) is 0 Å². The Kier molecular flexibility index (Phi) is 5.97. The molecule has 1 aromatic heterocycles. The smallest absolute Gasteiger partial charge is 0.354 e. The fraction of sp³-hybridized carbons (Fsp3) is 0.647. The summed E-state index contributed by atoms with van der Waals surface area (Å²) in [5.74, 6) is 0.00498. The van der Waals surface area contributed by atoms with Gasteiger partial charge in [-0.25, -0.2) is 10.3 Å². The maximum Gasteiger partial charge on any atom is 0.418 e. The minimum absolute atomic E-state index is 0.119. The molecule has 1 aromatic rings. The number of hydrogen-bond acceptors (Lipinski definition) is 7. The van der Waals surface area contributed by atoms with E-state index in [0.29, 0.717) is 30.4 Å². The Balaban J connectivity index is 1.22. The summed E-state index contributed by atoms with van der Waals surface area (Å²) in [6.45, 7) is 2.23. The quantitative estimate of drug-likeness (QED) is 0.361. The van der Waals surface area contributed by atoms with Crippen molar-refractivity contribution in [3.8, 4) is 0 Å². The molecule has 3 fully saturated rings. The molecule has 4 rings (SSSR count). The van der Waals surface area contributed by atoms with Gasteiger partial charge in [0.05, 0.1) is 12.6 Å². The average molecular weight is 443 g/mol. The standard InChI is InChI=1S/C17H25N5O7S/c23-16(15-4-3-14-10-21(15)17(24)22(14)29-30(25,26)27)19-28-11-13-7-12(8-18-13)9-20-5-1-2-6-20/h1-2,5-6,12-15,18H,3-4,7-11H2,(H,19,23)(H,25,26,27)/t12-,13+,14?,15?/m1/s1. The van der Waals surface area contributed by atoms with Crippen molar-refractivity contribution in [3.05, 3.63) is 24.5 Å². The lowest BCUT2D eigenvalue weighted by atomic mass is 10.0. The summed E-state index contributed by atoms with van der Waals surface area (Å²) in [4.78, 5) is 31.4. The monoisotopic (exact) mass is 443 g/mol. The van der Waals surface area contributed by atoms with E-state index in [9.17, 15) is 18.0 Å². The van der Waals surface area contributed by atoms with Gasteiger partial charge >= 0.3 is 16.4 Å². The zero-order valence-electron chi connectivity index (χ0n) is 16.2. The summed E-state index contributed by atoms with van der Waals surface area (Å²) in [7, 11) is -4.82. The number of amides is 3. The van der Waals surface area contributed by atoms with Crippen LogP contribution >= 0.6 is 0 Å². The number of piperidine rings is 1. The van der Waals surface area contributed by atoms with Crippen molar-refractivity contribution in [1.29, 1.82) is 0 Å². The third-order valence-electron chi connectivity index (χ3n) is 5.71. The van der Waals surface area contributed by atoms with Crippen molar-refractivity contribution in [2.45, 2.75) is 43.9 Å². The highest BCUT2D eigenvalue weighted by Gasteiger charge is 2.49. The van der Waals surface area contributed by atoms with Crippen LogP contribution in [0.25, 0.3) is 0 Å². The number of aromatic nitrogens is 1. The van der Waals surface area contributed by atoms with Crippen molar-refractivity contribution >= 4 is 22.3 Å². The number of carbonyl (C=O) groups is 2. The second-order valence-corrected chi connectivity index (χ2v) is 8.88. The Labute approximate surface area is 173 Å². The molecule has 3 amide bonds. The van der Waals surface area contributed by atoms with Crippen molar-refractivity contribution in [2.75, 3.05) is 19.7 Å². The first-order valence-electron chi connectivity index (χ1n) is 9.83. The zero-order chi connectivity index (χ0) is 21.3. The molecule has 0 spiro atoms. The molecule has 4 atom stereocenters. The topological polar surface area (TPSA) is 142 Å².